The normalized spacial score (nSPS) is 11.4. The molecule has 3 aromatic rings. The average molecular weight is 263 g/mol. The van der Waals surface area contributed by atoms with Crippen molar-refractivity contribution in [2.24, 2.45) is 0 Å². The van der Waals surface area contributed by atoms with Crippen molar-refractivity contribution in [1.29, 1.82) is 5.26 Å². The van der Waals surface area contributed by atoms with Crippen LogP contribution in [0.3, 0.4) is 0 Å². The van der Waals surface area contributed by atoms with Gasteiger partial charge in [0.15, 0.2) is 0 Å². The number of nitrogens with zero attached hydrogens (tertiary/aromatic N) is 3. The highest BCUT2D eigenvalue weighted by molar-refractivity contribution is 7.19. The zero-order valence-electron chi connectivity index (χ0n) is 9.95. The summed E-state index contributed by atoms with van der Waals surface area (Å²) in [4.78, 5) is 8.52. The molecule has 0 unspecified atom stereocenters. The van der Waals surface area contributed by atoms with Gasteiger partial charge in [-0.25, -0.2) is 4.98 Å². The van der Waals surface area contributed by atoms with Gasteiger partial charge in [0.1, 0.15) is 11.1 Å². The van der Waals surface area contributed by atoms with Crippen molar-refractivity contribution in [3.63, 3.8) is 0 Å². The summed E-state index contributed by atoms with van der Waals surface area (Å²) in [6, 6.07) is 13.9. The third-order valence-corrected chi connectivity index (χ3v) is 3.71. The number of nitriles is 1. The molecular weight excluding hydrogens is 254 g/mol. The Morgan fingerprint density at radius 3 is 2.84 bits per heavy atom. The maximum atomic E-state index is 9.29. The van der Waals surface area contributed by atoms with Gasteiger partial charge in [-0.3, -0.25) is 4.98 Å². The standard InChI is InChI=1S/C15H9N3S/c16-9-12(8-11-4-3-7-17-10-11)15-18-13-5-1-2-6-14(13)19-15/h1-8,10H. The van der Waals surface area contributed by atoms with Crippen LogP contribution >= 0.6 is 11.3 Å². The van der Waals surface area contributed by atoms with Gasteiger partial charge in [0.25, 0.3) is 0 Å². The topological polar surface area (TPSA) is 49.6 Å². The van der Waals surface area contributed by atoms with Gasteiger partial charge in [0.05, 0.1) is 15.8 Å². The highest BCUT2D eigenvalue weighted by Gasteiger charge is 2.08. The number of rotatable bonds is 2. The van der Waals surface area contributed by atoms with E-state index >= 15 is 0 Å². The maximum absolute atomic E-state index is 9.29. The molecule has 0 saturated heterocycles. The number of aromatic nitrogens is 2. The summed E-state index contributed by atoms with van der Waals surface area (Å²) >= 11 is 1.53. The quantitative estimate of drug-likeness (QED) is 0.661. The van der Waals surface area contributed by atoms with Crippen LogP contribution in [0.15, 0.2) is 48.8 Å². The third kappa shape index (κ3) is 2.37. The first-order valence-corrected chi connectivity index (χ1v) is 6.56. The molecule has 0 aliphatic heterocycles. The first-order chi connectivity index (χ1) is 9.36. The van der Waals surface area contributed by atoms with Crippen molar-refractivity contribution in [2.75, 3.05) is 0 Å². The van der Waals surface area contributed by atoms with E-state index in [4.69, 9.17) is 0 Å². The highest BCUT2D eigenvalue weighted by Crippen LogP contribution is 2.27. The lowest BCUT2D eigenvalue weighted by Gasteiger charge is -1.93. The average Bonchev–Trinajstić information content (AvgIpc) is 2.89. The van der Waals surface area contributed by atoms with Crippen LogP contribution in [-0.2, 0) is 0 Å². The molecule has 3 rings (SSSR count). The predicted molar refractivity (Wildman–Crippen MR) is 77.3 cm³/mol. The Morgan fingerprint density at radius 1 is 1.21 bits per heavy atom. The van der Waals surface area contributed by atoms with Gasteiger partial charge in [-0.15, -0.1) is 11.3 Å². The number of pyridine rings is 1. The summed E-state index contributed by atoms with van der Waals surface area (Å²) in [5.41, 5.74) is 2.39. The summed E-state index contributed by atoms with van der Waals surface area (Å²) in [5, 5.41) is 10.0. The van der Waals surface area contributed by atoms with E-state index in [9.17, 15) is 5.26 Å². The second-order valence-electron chi connectivity index (χ2n) is 3.94. The molecule has 0 N–H and O–H groups in total. The van der Waals surface area contributed by atoms with Gasteiger partial charge in [-0.2, -0.15) is 5.26 Å². The minimum absolute atomic E-state index is 0.564. The second-order valence-corrected chi connectivity index (χ2v) is 4.97. The third-order valence-electron chi connectivity index (χ3n) is 2.64. The van der Waals surface area contributed by atoms with E-state index in [0.29, 0.717) is 5.57 Å². The monoisotopic (exact) mass is 263 g/mol. The number of benzene rings is 1. The van der Waals surface area contributed by atoms with E-state index < -0.39 is 0 Å². The molecule has 90 valence electrons. The molecule has 0 fully saturated rings. The van der Waals surface area contributed by atoms with E-state index in [1.807, 2.05) is 42.5 Å². The lowest BCUT2D eigenvalue weighted by atomic mass is 10.2. The molecule has 0 spiro atoms. The Bertz CT molecular complexity index is 749. The molecule has 0 bridgehead atoms. The van der Waals surface area contributed by atoms with Crippen LogP contribution in [0.4, 0.5) is 0 Å². The zero-order chi connectivity index (χ0) is 13.1. The number of para-hydroxylation sites is 1. The highest BCUT2D eigenvalue weighted by atomic mass is 32.1. The largest absolute Gasteiger partial charge is 0.264 e. The summed E-state index contributed by atoms with van der Waals surface area (Å²) in [7, 11) is 0. The van der Waals surface area contributed by atoms with Gasteiger partial charge >= 0.3 is 0 Å². The van der Waals surface area contributed by atoms with Crippen LogP contribution in [0.1, 0.15) is 10.6 Å². The van der Waals surface area contributed by atoms with E-state index in [2.05, 4.69) is 16.0 Å². The lowest BCUT2D eigenvalue weighted by Crippen LogP contribution is -1.81. The molecule has 1 aromatic carbocycles. The lowest BCUT2D eigenvalue weighted by molar-refractivity contribution is 1.32. The Balaban J connectivity index is 2.08. The van der Waals surface area contributed by atoms with E-state index in [0.717, 1.165) is 20.8 Å². The fourth-order valence-corrected chi connectivity index (χ4v) is 2.69. The number of hydrogen-bond donors (Lipinski definition) is 0. The Morgan fingerprint density at radius 2 is 2.11 bits per heavy atom. The summed E-state index contributed by atoms with van der Waals surface area (Å²) in [6.07, 6.45) is 5.25. The van der Waals surface area contributed by atoms with Crippen molar-refractivity contribution in [2.45, 2.75) is 0 Å². The number of hydrogen-bond acceptors (Lipinski definition) is 4. The summed E-state index contributed by atoms with van der Waals surface area (Å²) in [5.74, 6) is 0. The Kier molecular flexibility index (Phi) is 3.05. The molecule has 0 saturated carbocycles. The van der Waals surface area contributed by atoms with Crippen molar-refractivity contribution in [1.82, 2.24) is 9.97 Å². The zero-order valence-corrected chi connectivity index (χ0v) is 10.8. The van der Waals surface area contributed by atoms with Gasteiger partial charge in [0, 0.05) is 12.4 Å². The number of thiazole rings is 1. The first kappa shape index (κ1) is 11.6. The fourth-order valence-electron chi connectivity index (χ4n) is 1.76. The molecule has 0 aliphatic carbocycles. The second kappa shape index (κ2) is 5.01. The van der Waals surface area contributed by atoms with E-state index in [-0.39, 0.29) is 0 Å². The van der Waals surface area contributed by atoms with E-state index in [1.165, 1.54) is 11.3 Å². The smallest absolute Gasteiger partial charge is 0.135 e. The predicted octanol–water partition coefficient (Wildman–Crippen LogP) is 3.76. The minimum atomic E-state index is 0.564. The van der Waals surface area contributed by atoms with Gasteiger partial charge in [0.2, 0.25) is 0 Å². The molecule has 0 atom stereocenters. The van der Waals surface area contributed by atoms with Crippen LogP contribution in [0.5, 0.6) is 0 Å². The molecule has 4 heteroatoms. The minimum Gasteiger partial charge on any atom is -0.264 e. The van der Waals surface area contributed by atoms with Crippen molar-refractivity contribution in [3.8, 4) is 6.07 Å². The van der Waals surface area contributed by atoms with Gasteiger partial charge in [-0.05, 0) is 29.8 Å². The molecule has 2 heterocycles. The van der Waals surface area contributed by atoms with Crippen molar-refractivity contribution >= 4 is 33.2 Å². The molecule has 2 aromatic heterocycles. The Labute approximate surface area is 114 Å². The molecular formula is C15H9N3S. The maximum Gasteiger partial charge on any atom is 0.135 e. The molecule has 0 amide bonds. The molecule has 3 nitrogen and oxygen atoms in total. The molecule has 0 radical (unpaired) electrons. The van der Waals surface area contributed by atoms with Crippen LogP contribution in [0, 0.1) is 11.3 Å². The number of allylic oxidation sites excluding steroid dienone is 1. The van der Waals surface area contributed by atoms with Crippen molar-refractivity contribution in [3.05, 3.63) is 59.4 Å². The van der Waals surface area contributed by atoms with Crippen LogP contribution in [-0.4, -0.2) is 9.97 Å². The summed E-state index contributed by atoms with van der Waals surface area (Å²) < 4.78 is 1.09. The molecule has 0 aliphatic rings. The number of fused-ring (bicyclic) bond motifs is 1. The van der Waals surface area contributed by atoms with Crippen LogP contribution in [0.25, 0.3) is 21.9 Å². The van der Waals surface area contributed by atoms with Crippen molar-refractivity contribution < 1.29 is 0 Å². The van der Waals surface area contributed by atoms with Crippen LogP contribution in [0.2, 0.25) is 0 Å². The van der Waals surface area contributed by atoms with Crippen LogP contribution < -0.4 is 0 Å². The molecule has 19 heavy (non-hydrogen) atoms. The summed E-state index contributed by atoms with van der Waals surface area (Å²) in [6.45, 7) is 0. The van der Waals surface area contributed by atoms with Gasteiger partial charge in [-0.1, -0.05) is 18.2 Å². The van der Waals surface area contributed by atoms with Gasteiger partial charge < -0.3 is 0 Å². The Hall–Kier alpha value is -2.51. The first-order valence-electron chi connectivity index (χ1n) is 5.74. The van der Waals surface area contributed by atoms with E-state index in [1.54, 1.807) is 12.4 Å². The SMILES string of the molecule is N#CC(=Cc1cccnc1)c1nc2ccccc2s1. The fraction of sp³-hybridized carbons (Fsp3) is 0.